The van der Waals surface area contributed by atoms with Gasteiger partial charge >= 0.3 is 0 Å². The SMILES string of the molecule is Cc1ccc(Cl)c(CC(N)=O)c1. The van der Waals surface area contributed by atoms with Gasteiger partial charge in [0, 0.05) is 5.02 Å². The first-order valence-corrected chi connectivity index (χ1v) is 4.00. The van der Waals surface area contributed by atoms with Gasteiger partial charge in [-0.25, -0.2) is 0 Å². The van der Waals surface area contributed by atoms with Gasteiger partial charge in [-0.15, -0.1) is 0 Å². The fourth-order valence-electron chi connectivity index (χ4n) is 1.03. The molecule has 0 atom stereocenters. The first-order valence-electron chi connectivity index (χ1n) is 3.63. The van der Waals surface area contributed by atoms with Crippen LogP contribution in [0.3, 0.4) is 0 Å². The summed E-state index contributed by atoms with van der Waals surface area (Å²) < 4.78 is 0. The van der Waals surface area contributed by atoms with E-state index in [1.165, 1.54) is 0 Å². The van der Waals surface area contributed by atoms with Gasteiger partial charge in [0.1, 0.15) is 0 Å². The van der Waals surface area contributed by atoms with E-state index in [1.807, 2.05) is 19.1 Å². The summed E-state index contributed by atoms with van der Waals surface area (Å²) in [6, 6.07) is 5.54. The average molecular weight is 184 g/mol. The van der Waals surface area contributed by atoms with Crippen molar-refractivity contribution in [3.05, 3.63) is 34.3 Å². The van der Waals surface area contributed by atoms with Crippen LogP contribution in [0.2, 0.25) is 5.02 Å². The molecule has 0 unspecified atom stereocenters. The molecule has 0 saturated heterocycles. The highest BCUT2D eigenvalue weighted by Gasteiger charge is 2.03. The molecular formula is C9H10ClNO. The Balaban J connectivity index is 2.97. The highest BCUT2D eigenvalue weighted by Crippen LogP contribution is 2.17. The molecule has 64 valence electrons. The van der Waals surface area contributed by atoms with E-state index in [2.05, 4.69) is 0 Å². The zero-order valence-electron chi connectivity index (χ0n) is 6.80. The van der Waals surface area contributed by atoms with Crippen LogP contribution in [0, 0.1) is 6.92 Å². The number of aryl methyl sites for hydroxylation is 1. The Hall–Kier alpha value is -1.02. The van der Waals surface area contributed by atoms with E-state index in [9.17, 15) is 4.79 Å². The largest absolute Gasteiger partial charge is 0.369 e. The third kappa shape index (κ3) is 2.24. The Bertz CT molecular complexity index is 309. The van der Waals surface area contributed by atoms with Gasteiger partial charge in [0.25, 0.3) is 0 Å². The van der Waals surface area contributed by atoms with Crippen LogP contribution in [-0.4, -0.2) is 5.91 Å². The Kier molecular flexibility index (Phi) is 2.71. The van der Waals surface area contributed by atoms with Gasteiger partial charge in [-0.3, -0.25) is 4.79 Å². The Labute approximate surface area is 76.3 Å². The van der Waals surface area contributed by atoms with Crippen molar-refractivity contribution < 1.29 is 4.79 Å². The van der Waals surface area contributed by atoms with E-state index in [0.717, 1.165) is 11.1 Å². The molecule has 3 heteroatoms. The number of amides is 1. The molecule has 0 bridgehead atoms. The van der Waals surface area contributed by atoms with E-state index in [-0.39, 0.29) is 12.3 Å². The van der Waals surface area contributed by atoms with Gasteiger partial charge in [0.05, 0.1) is 6.42 Å². The van der Waals surface area contributed by atoms with Crippen LogP contribution in [0.1, 0.15) is 11.1 Å². The van der Waals surface area contributed by atoms with Crippen molar-refractivity contribution in [1.82, 2.24) is 0 Å². The lowest BCUT2D eigenvalue weighted by atomic mass is 10.1. The van der Waals surface area contributed by atoms with Crippen molar-refractivity contribution in [2.45, 2.75) is 13.3 Å². The maximum absolute atomic E-state index is 10.6. The minimum atomic E-state index is -0.359. The molecule has 2 nitrogen and oxygen atoms in total. The van der Waals surface area contributed by atoms with E-state index in [0.29, 0.717) is 5.02 Å². The molecule has 1 aromatic rings. The molecule has 0 radical (unpaired) electrons. The van der Waals surface area contributed by atoms with Crippen molar-refractivity contribution >= 4 is 17.5 Å². The smallest absolute Gasteiger partial charge is 0.221 e. The number of carbonyl (C=O) groups is 1. The van der Waals surface area contributed by atoms with Crippen LogP contribution in [0.5, 0.6) is 0 Å². The molecule has 1 rings (SSSR count). The summed E-state index contributed by atoms with van der Waals surface area (Å²) in [5.41, 5.74) is 6.92. The van der Waals surface area contributed by atoms with Crippen LogP contribution in [0.4, 0.5) is 0 Å². The molecule has 12 heavy (non-hydrogen) atoms. The molecule has 1 amide bonds. The van der Waals surface area contributed by atoms with Gasteiger partial charge < -0.3 is 5.73 Å². The number of hydrogen-bond donors (Lipinski definition) is 1. The molecule has 0 aromatic heterocycles. The van der Waals surface area contributed by atoms with Gasteiger partial charge in [-0.1, -0.05) is 29.3 Å². The minimum absolute atomic E-state index is 0.209. The van der Waals surface area contributed by atoms with Gasteiger partial charge in [0.15, 0.2) is 0 Å². The molecular weight excluding hydrogens is 174 g/mol. The second kappa shape index (κ2) is 3.59. The van der Waals surface area contributed by atoms with E-state index >= 15 is 0 Å². The van der Waals surface area contributed by atoms with Gasteiger partial charge in [0.2, 0.25) is 5.91 Å². The van der Waals surface area contributed by atoms with Crippen molar-refractivity contribution in [3.8, 4) is 0 Å². The highest BCUT2D eigenvalue weighted by molar-refractivity contribution is 6.31. The lowest BCUT2D eigenvalue weighted by Crippen LogP contribution is -2.13. The number of benzene rings is 1. The van der Waals surface area contributed by atoms with Crippen LogP contribution in [-0.2, 0) is 11.2 Å². The van der Waals surface area contributed by atoms with Crippen LogP contribution in [0.15, 0.2) is 18.2 Å². The predicted octanol–water partition coefficient (Wildman–Crippen LogP) is 1.68. The number of primary amides is 1. The molecule has 0 aliphatic heterocycles. The summed E-state index contributed by atoms with van der Waals surface area (Å²) in [6.45, 7) is 1.95. The number of nitrogens with two attached hydrogens (primary N) is 1. The van der Waals surface area contributed by atoms with Crippen LogP contribution < -0.4 is 5.73 Å². The zero-order chi connectivity index (χ0) is 9.14. The van der Waals surface area contributed by atoms with Crippen molar-refractivity contribution in [3.63, 3.8) is 0 Å². The molecule has 0 saturated carbocycles. The average Bonchev–Trinajstić information content (AvgIpc) is 1.96. The third-order valence-electron chi connectivity index (χ3n) is 1.57. The highest BCUT2D eigenvalue weighted by atomic mass is 35.5. The first kappa shape index (κ1) is 9.07. The van der Waals surface area contributed by atoms with E-state index < -0.39 is 0 Å². The lowest BCUT2D eigenvalue weighted by Gasteiger charge is -2.01. The summed E-state index contributed by atoms with van der Waals surface area (Å²) >= 11 is 5.83. The van der Waals surface area contributed by atoms with Crippen molar-refractivity contribution in [1.29, 1.82) is 0 Å². The maximum Gasteiger partial charge on any atom is 0.221 e. The zero-order valence-corrected chi connectivity index (χ0v) is 7.56. The second-order valence-corrected chi connectivity index (χ2v) is 3.15. The summed E-state index contributed by atoms with van der Waals surface area (Å²) in [5, 5.41) is 0.597. The summed E-state index contributed by atoms with van der Waals surface area (Å²) in [6.07, 6.45) is 0.209. The summed E-state index contributed by atoms with van der Waals surface area (Å²) in [4.78, 5) is 10.6. The normalized spacial score (nSPS) is 9.83. The van der Waals surface area contributed by atoms with Crippen LogP contribution >= 0.6 is 11.6 Å². The van der Waals surface area contributed by atoms with Crippen molar-refractivity contribution in [2.24, 2.45) is 5.73 Å². The van der Waals surface area contributed by atoms with Crippen molar-refractivity contribution in [2.75, 3.05) is 0 Å². The quantitative estimate of drug-likeness (QED) is 0.745. The van der Waals surface area contributed by atoms with Crippen LogP contribution in [0.25, 0.3) is 0 Å². The molecule has 0 aliphatic carbocycles. The predicted molar refractivity (Wildman–Crippen MR) is 49.1 cm³/mol. The first-order chi connectivity index (χ1) is 5.59. The molecule has 0 fully saturated rings. The number of rotatable bonds is 2. The fourth-order valence-corrected chi connectivity index (χ4v) is 1.21. The lowest BCUT2D eigenvalue weighted by molar-refractivity contribution is -0.117. The monoisotopic (exact) mass is 183 g/mol. The summed E-state index contributed by atoms with van der Waals surface area (Å²) in [7, 11) is 0. The fraction of sp³-hybridized carbons (Fsp3) is 0.222. The van der Waals surface area contributed by atoms with E-state index in [1.54, 1.807) is 6.07 Å². The molecule has 2 N–H and O–H groups in total. The Morgan fingerprint density at radius 2 is 2.25 bits per heavy atom. The number of hydrogen-bond acceptors (Lipinski definition) is 1. The number of halogens is 1. The third-order valence-corrected chi connectivity index (χ3v) is 1.93. The Morgan fingerprint density at radius 3 is 2.83 bits per heavy atom. The standard InChI is InChI=1S/C9H10ClNO/c1-6-2-3-8(10)7(4-6)5-9(11)12/h2-4H,5H2,1H3,(H2,11,12). The van der Waals surface area contributed by atoms with Gasteiger partial charge in [-0.2, -0.15) is 0 Å². The van der Waals surface area contributed by atoms with Gasteiger partial charge in [-0.05, 0) is 18.6 Å². The maximum atomic E-state index is 10.6. The number of carbonyl (C=O) groups excluding carboxylic acids is 1. The minimum Gasteiger partial charge on any atom is -0.369 e. The summed E-state index contributed by atoms with van der Waals surface area (Å²) in [5.74, 6) is -0.359. The Morgan fingerprint density at radius 1 is 1.58 bits per heavy atom. The molecule has 1 aromatic carbocycles. The molecule has 0 aliphatic rings. The molecule has 0 spiro atoms. The topological polar surface area (TPSA) is 43.1 Å². The molecule has 0 heterocycles. The second-order valence-electron chi connectivity index (χ2n) is 2.74. The van der Waals surface area contributed by atoms with E-state index in [4.69, 9.17) is 17.3 Å².